The van der Waals surface area contributed by atoms with Gasteiger partial charge in [0.1, 0.15) is 6.04 Å². The Hall–Kier alpha value is -2.15. The average molecular weight is 264 g/mol. The van der Waals surface area contributed by atoms with Gasteiger partial charge in [0.2, 0.25) is 0 Å². The highest BCUT2D eigenvalue weighted by atomic mass is 16.4. The van der Waals surface area contributed by atoms with Crippen molar-refractivity contribution in [3.05, 3.63) is 24.0 Å². The lowest BCUT2D eigenvalue weighted by Gasteiger charge is -2.28. The molecule has 4 N–H and O–H groups in total. The van der Waals surface area contributed by atoms with Crippen LogP contribution >= 0.6 is 0 Å². The summed E-state index contributed by atoms with van der Waals surface area (Å²) in [5.41, 5.74) is 7.00. The van der Waals surface area contributed by atoms with Gasteiger partial charge in [-0.25, -0.2) is 4.79 Å². The number of fused-ring (bicyclic) bond motifs is 1. The van der Waals surface area contributed by atoms with Crippen molar-refractivity contribution in [2.75, 3.05) is 18.0 Å². The normalized spacial score (nSPS) is 15.5. The van der Waals surface area contributed by atoms with Crippen molar-refractivity contribution in [1.29, 1.82) is 0 Å². The Morgan fingerprint density at radius 1 is 1.58 bits per heavy atom. The number of nitrogens with two attached hydrogens (primary N) is 1. The maximum Gasteiger partial charge on any atom is 0.322 e. The third-order valence-electron chi connectivity index (χ3n) is 2.99. The predicted molar refractivity (Wildman–Crippen MR) is 68.9 cm³/mol. The van der Waals surface area contributed by atoms with Crippen LogP contribution in [0.3, 0.4) is 0 Å². The third-order valence-corrected chi connectivity index (χ3v) is 2.99. The van der Waals surface area contributed by atoms with Gasteiger partial charge in [0.15, 0.2) is 0 Å². The molecule has 0 saturated heterocycles. The van der Waals surface area contributed by atoms with Gasteiger partial charge < -0.3 is 16.2 Å². The predicted octanol–water partition coefficient (Wildman–Crippen LogP) is -0.0443. The molecule has 0 fully saturated rings. The van der Waals surface area contributed by atoms with Gasteiger partial charge in [0, 0.05) is 19.3 Å². The number of hydrogen-bond donors (Lipinski definition) is 3. The molecule has 1 aromatic heterocycles. The van der Waals surface area contributed by atoms with Gasteiger partial charge in [-0.3, -0.25) is 14.7 Å². The van der Waals surface area contributed by atoms with Crippen LogP contribution in [0.25, 0.3) is 0 Å². The smallest absolute Gasteiger partial charge is 0.322 e. The summed E-state index contributed by atoms with van der Waals surface area (Å²) in [5.74, 6) is -1.14. The molecule has 1 aromatic rings. The lowest BCUT2D eigenvalue weighted by Crippen LogP contribution is -2.48. The van der Waals surface area contributed by atoms with Gasteiger partial charge >= 0.3 is 12.0 Å². The van der Waals surface area contributed by atoms with Gasteiger partial charge in [0.25, 0.3) is 0 Å². The number of nitrogens with zero attached hydrogens (tertiary/aromatic N) is 2. The molecular weight excluding hydrogens is 248 g/mol. The van der Waals surface area contributed by atoms with Crippen LogP contribution < -0.4 is 16.0 Å². The first-order valence-corrected chi connectivity index (χ1v) is 6.07. The van der Waals surface area contributed by atoms with Crippen molar-refractivity contribution in [3.8, 4) is 0 Å². The van der Waals surface area contributed by atoms with Crippen LogP contribution in [0.15, 0.2) is 18.3 Å². The Morgan fingerprint density at radius 3 is 3.11 bits per heavy atom. The second kappa shape index (κ2) is 5.66. The van der Waals surface area contributed by atoms with Crippen LogP contribution in [0.5, 0.6) is 0 Å². The molecule has 1 unspecified atom stereocenters. The van der Waals surface area contributed by atoms with E-state index in [4.69, 9.17) is 10.8 Å². The summed E-state index contributed by atoms with van der Waals surface area (Å²) >= 11 is 0. The van der Waals surface area contributed by atoms with Crippen LogP contribution in [0.4, 0.5) is 10.5 Å². The third kappa shape index (κ3) is 3.00. The minimum Gasteiger partial charge on any atom is -0.480 e. The molecule has 0 bridgehead atoms. The van der Waals surface area contributed by atoms with Gasteiger partial charge in [-0.1, -0.05) is 0 Å². The zero-order valence-corrected chi connectivity index (χ0v) is 10.4. The van der Waals surface area contributed by atoms with E-state index < -0.39 is 12.0 Å². The SMILES string of the molecule is NC(CNC(=O)N1CCCc2ncccc21)C(=O)O. The zero-order valence-electron chi connectivity index (χ0n) is 10.4. The van der Waals surface area contributed by atoms with Crippen LogP contribution in [0.1, 0.15) is 12.1 Å². The Morgan fingerprint density at radius 2 is 2.37 bits per heavy atom. The van der Waals surface area contributed by atoms with Crippen LogP contribution in [0.2, 0.25) is 0 Å². The number of pyridine rings is 1. The molecule has 0 radical (unpaired) electrons. The number of aliphatic carboxylic acids is 1. The fraction of sp³-hybridized carbons (Fsp3) is 0.417. The molecule has 2 rings (SSSR count). The van der Waals surface area contributed by atoms with Gasteiger partial charge in [-0.2, -0.15) is 0 Å². The number of carboxylic acid groups (broad SMARTS) is 1. The fourth-order valence-corrected chi connectivity index (χ4v) is 1.98. The molecule has 2 amide bonds. The second-order valence-electron chi connectivity index (χ2n) is 4.36. The largest absolute Gasteiger partial charge is 0.480 e. The van der Waals surface area contributed by atoms with Crippen molar-refractivity contribution in [3.63, 3.8) is 0 Å². The van der Waals surface area contributed by atoms with E-state index in [0.717, 1.165) is 24.2 Å². The van der Waals surface area contributed by atoms with Crippen molar-refractivity contribution < 1.29 is 14.7 Å². The first-order valence-electron chi connectivity index (χ1n) is 6.07. The quantitative estimate of drug-likeness (QED) is 0.709. The zero-order chi connectivity index (χ0) is 13.8. The van der Waals surface area contributed by atoms with E-state index in [1.807, 2.05) is 6.07 Å². The minimum atomic E-state index is -1.14. The number of aryl methyl sites for hydroxylation is 1. The number of rotatable bonds is 3. The Bertz CT molecular complexity index is 492. The summed E-state index contributed by atoms with van der Waals surface area (Å²) in [5, 5.41) is 11.2. The number of carboxylic acids is 1. The molecule has 0 aliphatic carbocycles. The molecule has 1 aliphatic heterocycles. The summed E-state index contributed by atoms with van der Waals surface area (Å²) in [6.07, 6.45) is 3.37. The lowest BCUT2D eigenvalue weighted by molar-refractivity contribution is -0.138. The van der Waals surface area contributed by atoms with Gasteiger partial charge in [-0.05, 0) is 25.0 Å². The Balaban J connectivity index is 2.03. The monoisotopic (exact) mass is 264 g/mol. The molecule has 1 aliphatic rings. The standard InChI is InChI=1S/C12H16N4O3/c13-8(11(17)18)7-15-12(19)16-6-2-3-9-10(16)4-1-5-14-9/h1,4-5,8H,2-3,6-7,13H2,(H,15,19)(H,17,18). The van der Waals surface area contributed by atoms with Crippen LogP contribution in [-0.2, 0) is 11.2 Å². The average Bonchev–Trinajstić information content (AvgIpc) is 2.43. The molecule has 0 spiro atoms. The Labute approximate surface area is 110 Å². The minimum absolute atomic E-state index is 0.0970. The van der Waals surface area contributed by atoms with Crippen LogP contribution in [-0.4, -0.2) is 41.2 Å². The summed E-state index contributed by atoms with van der Waals surface area (Å²) < 4.78 is 0. The van der Waals surface area contributed by atoms with E-state index in [2.05, 4.69) is 10.3 Å². The topological polar surface area (TPSA) is 109 Å². The number of urea groups is 1. The molecule has 1 atom stereocenters. The number of amides is 2. The molecule has 0 aromatic carbocycles. The molecular formula is C12H16N4O3. The highest BCUT2D eigenvalue weighted by molar-refractivity contribution is 5.93. The molecule has 19 heavy (non-hydrogen) atoms. The first kappa shape index (κ1) is 13.3. The van der Waals surface area contributed by atoms with Gasteiger partial charge in [0.05, 0.1) is 11.4 Å². The molecule has 7 nitrogen and oxygen atoms in total. The molecule has 2 heterocycles. The van der Waals surface area contributed by atoms with E-state index in [1.165, 1.54) is 0 Å². The van der Waals surface area contributed by atoms with E-state index in [1.54, 1.807) is 17.2 Å². The highest BCUT2D eigenvalue weighted by Crippen LogP contribution is 2.24. The number of carbonyl (C=O) groups is 2. The van der Waals surface area contributed by atoms with E-state index in [9.17, 15) is 9.59 Å². The summed E-state index contributed by atoms with van der Waals surface area (Å²) in [4.78, 5) is 28.4. The van der Waals surface area contributed by atoms with Crippen molar-refractivity contribution in [2.24, 2.45) is 5.73 Å². The lowest BCUT2D eigenvalue weighted by atomic mass is 10.1. The maximum absolute atomic E-state index is 12.0. The fourth-order valence-electron chi connectivity index (χ4n) is 1.98. The van der Waals surface area contributed by atoms with Crippen molar-refractivity contribution in [2.45, 2.75) is 18.9 Å². The second-order valence-corrected chi connectivity index (χ2v) is 4.36. The van der Waals surface area contributed by atoms with Crippen LogP contribution in [0, 0.1) is 0 Å². The maximum atomic E-state index is 12.0. The number of anilines is 1. The highest BCUT2D eigenvalue weighted by Gasteiger charge is 2.23. The van der Waals surface area contributed by atoms with Gasteiger partial charge in [-0.15, -0.1) is 0 Å². The molecule has 0 saturated carbocycles. The summed E-state index contributed by atoms with van der Waals surface area (Å²) in [6.45, 7) is 0.493. The van der Waals surface area contributed by atoms with Crippen molar-refractivity contribution >= 4 is 17.7 Å². The van der Waals surface area contributed by atoms with E-state index >= 15 is 0 Å². The Kier molecular flexibility index (Phi) is 3.96. The van der Waals surface area contributed by atoms with E-state index in [0.29, 0.717) is 6.54 Å². The van der Waals surface area contributed by atoms with E-state index in [-0.39, 0.29) is 12.6 Å². The molecule has 7 heteroatoms. The molecule has 102 valence electrons. The number of carbonyl (C=O) groups excluding carboxylic acids is 1. The number of hydrogen-bond acceptors (Lipinski definition) is 4. The number of aromatic nitrogens is 1. The summed E-state index contributed by atoms with van der Waals surface area (Å²) in [7, 11) is 0. The number of nitrogens with one attached hydrogen (secondary N) is 1. The first-order chi connectivity index (χ1) is 9.09. The van der Waals surface area contributed by atoms with Crippen molar-refractivity contribution in [1.82, 2.24) is 10.3 Å². The summed E-state index contributed by atoms with van der Waals surface area (Å²) in [6, 6.07) is 2.17.